The quantitative estimate of drug-likeness (QED) is 0.312. The van der Waals surface area contributed by atoms with Crippen molar-refractivity contribution in [1.29, 1.82) is 0 Å². The lowest BCUT2D eigenvalue weighted by molar-refractivity contribution is -0.543. The van der Waals surface area contributed by atoms with Gasteiger partial charge in [0.25, 0.3) is 0 Å². The molecule has 0 aromatic rings. The number of nitro groups is 1. The fourth-order valence-electron chi connectivity index (χ4n) is 0.411. The lowest BCUT2D eigenvalue weighted by atomic mass is 10.9. The monoisotopic (exact) mass is 150 g/mol. The van der Waals surface area contributed by atoms with Crippen LogP contribution < -0.4 is 5.43 Å². The van der Waals surface area contributed by atoms with Crippen molar-refractivity contribution in [2.75, 3.05) is 0 Å². The molecule has 0 aromatic heterocycles. The van der Waals surface area contributed by atoms with Crippen molar-refractivity contribution in [2.24, 2.45) is 5.10 Å². The van der Waals surface area contributed by atoms with Gasteiger partial charge in [-0.05, 0) is 0 Å². The summed E-state index contributed by atoms with van der Waals surface area (Å²) >= 11 is 5.25. The maximum atomic E-state index is 9.95. The predicted octanol–water partition coefficient (Wildman–Crippen LogP) is -0.451. The van der Waals surface area contributed by atoms with Crippen molar-refractivity contribution in [2.45, 2.75) is 6.29 Å². The van der Waals surface area contributed by atoms with Crippen LogP contribution in [0.5, 0.6) is 0 Å². The summed E-state index contributed by atoms with van der Waals surface area (Å²) in [5.41, 5.74) is 2.17. The molecule has 0 bridgehead atoms. The zero-order valence-electron chi connectivity index (χ0n) is 4.19. The minimum Gasteiger partial charge on any atom is -0.261 e. The van der Waals surface area contributed by atoms with Crippen LogP contribution in [-0.2, 0) is 0 Å². The third kappa shape index (κ3) is 1.02. The molecule has 0 saturated heterocycles. The Balaban J connectivity index is 2.55. The number of hydrogen-bond donors (Lipinski definition) is 1. The van der Waals surface area contributed by atoms with E-state index in [1.165, 1.54) is 0 Å². The van der Waals surface area contributed by atoms with Gasteiger partial charge in [-0.15, -0.1) is 0 Å². The molecule has 50 valence electrons. The molecule has 1 heterocycles. The van der Waals surface area contributed by atoms with Gasteiger partial charge in [0.1, 0.15) is 6.34 Å². The molecule has 0 fully saturated rings. The summed E-state index contributed by atoms with van der Waals surface area (Å²) in [6.07, 6.45) is 0.0151. The molecule has 1 aliphatic rings. The highest BCUT2D eigenvalue weighted by Crippen LogP contribution is 2.02. The van der Waals surface area contributed by atoms with Crippen LogP contribution >= 0.6 is 11.8 Å². The molecule has 6 nitrogen and oxygen atoms in total. The summed E-state index contributed by atoms with van der Waals surface area (Å²) in [4.78, 5) is 9.37. The Morgan fingerprint density at radius 1 is 2.00 bits per heavy atom. The highest BCUT2D eigenvalue weighted by molar-refractivity contribution is 6.19. The largest absolute Gasteiger partial charge is 0.395 e. The first-order chi connectivity index (χ1) is 4.22. The third-order valence-corrected chi connectivity index (χ3v) is 1.06. The van der Waals surface area contributed by atoms with E-state index >= 15 is 0 Å². The highest BCUT2D eigenvalue weighted by atomic mass is 35.5. The Labute approximate surface area is 55.3 Å². The predicted molar refractivity (Wildman–Crippen MR) is 30.1 cm³/mol. The van der Waals surface area contributed by atoms with Crippen molar-refractivity contribution in [1.82, 2.24) is 9.84 Å². The molecule has 0 radical (unpaired) electrons. The number of nitrogens with one attached hydrogen (secondary N) is 1. The normalized spacial score (nSPS) is 24.1. The average molecular weight is 151 g/mol. The second-order valence-electron chi connectivity index (χ2n) is 1.38. The van der Waals surface area contributed by atoms with Crippen molar-refractivity contribution >= 4 is 18.1 Å². The zero-order valence-corrected chi connectivity index (χ0v) is 4.95. The molecule has 1 unspecified atom stereocenters. The summed E-state index contributed by atoms with van der Waals surface area (Å²) in [7, 11) is 0. The van der Waals surface area contributed by atoms with E-state index in [2.05, 4.69) is 10.5 Å². The van der Waals surface area contributed by atoms with E-state index in [9.17, 15) is 10.1 Å². The fourth-order valence-corrected chi connectivity index (χ4v) is 0.569. The van der Waals surface area contributed by atoms with Crippen LogP contribution in [0.2, 0.25) is 0 Å². The van der Waals surface area contributed by atoms with E-state index in [0.29, 0.717) is 0 Å². The molecule has 1 N–H and O–H groups in total. The van der Waals surface area contributed by atoms with Crippen molar-refractivity contribution in [3.05, 3.63) is 10.1 Å². The van der Waals surface area contributed by atoms with Gasteiger partial charge in [-0.1, -0.05) is 0 Å². The van der Waals surface area contributed by atoms with E-state index in [1.807, 2.05) is 0 Å². The van der Waals surface area contributed by atoms with Gasteiger partial charge in [0.2, 0.25) is 0 Å². The first kappa shape index (κ1) is 6.09. The fraction of sp³-hybridized carbons (Fsp3) is 0.500. The molecule has 0 amide bonds. The molecule has 0 aliphatic carbocycles. The van der Waals surface area contributed by atoms with E-state index in [-0.39, 0.29) is 0 Å². The van der Waals surface area contributed by atoms with E-state index in [4.69, 9.17) is 11.8 Å². The standard InChI is InChI=1S/C2H3ClN4O2/c3-6-1-4-5-2(6)7(8)9/h1-2,5H. The average Bonchev–Trinajstić information content (AvgIpc) is 2.13. The highest BCUT2D eigenvalue weighted by Gasteiger charge is 2.28. The molecule has 7 heteroatoms. The van der Waals surface area contributed by atoms with E-state index in [0.717, 1.165) is 10.8 Å². The number of rotatable bonds is 1. The van der Waals surface area contributed by atoms with Gasteiger partial charge in [-0.2, -0.15) is 9.52 Å². The number of hydrazone groups is 1. The minimum atomic E-state index is -1.12. The maximum absolute atomic E-state index is 9.95. The van der Waals surface area contributed by atoms with Crippen LogP contribution in [0, 0.1) is 10.1 Å². The van der Waals surface area contributed by atoms with E-state index in [1.54, 1.807) is 0 Å². The Hall–Kier alpha value is -1.04. The Kier molecular flexibility index (Phi) is 1.39. The topological polar surface area (TPSA) is 70.8 Å². The van der Waals surface area contributed by atoms with Gasteiger partial charge in [0, 0.05) is 11.8 Å². The molecule has 0 saturated carbocycles. The maximum Gasteiger partial charge on any atom is 0.395 e. The molecule has 0 aromatic carbocycles. The van der Waals surface area contributed by atoms with Crippen molar-refractivity contribution in [3.63, 3.8) is 0 Å². The lowest BCUT2D eigenvalue weighted by Crippen LogP contribution is -2.38. The van der Waals surface area contributed by atoms with Crippen LogP contribution in [0.15, 0.2) is 5.10 Å². The van der Waals surface area contributed by atoms with Crippen LogP contribution in [0.3, 0.4) is 0 Å². The molecular formula is C2H3ClN4O2. The molecule has 1 rings (SSSR count). The van der Waals surface area contributed by atoms with Crippen LogP contribution in [0.25, 0.3) is 0 Å². The number of halogens is 1. The second-order valence-corrected chi connectivity index (χ2v) is 1.77. The van der Waals surface area contributed by atoms with Gasteiger partial charge < -0.3 is 0 Å². The van der Waals surface area contributed by atoms with E-state index < -0.39 is 11.2 Å². The van der Waals surface area contributed by atoms with Crippen molar-refractivity contribution in [3.8, 4) is 0 Å². The van der Waals surface area contributed by atoms with Gasteiger partial charge >= 0.3 is 6.29 Å². The summed E-state index contributed by atoms with van der Waals surface area (Å²) in [5.74, 6) is 0. The zero-order chi connectivity index (χ0) is 6.85. The smallest absolute Gasteiger partial charge is 0.261 e. The van der Waals surface area contributed by atoms with Gasteiger partial charge in [0.05, 0.1) is 4.92 Å². The SMILES string of the molecule is O=[N+]([O-])C1NN=CN1Cl. The van der Waals surface area contributed by atoms with Gasteiger partial charge in [-0.25, -0.2) is 5.43 Å². The second kappa shape index (κ2) is 2.06. The molecular weight excluding hydrogens is 148 g/mol. The summed E-state index contributed by atoms with van der Waals surface area (Å²) < 4.78 is 0.847. The lowest BCUT2D eigenvalue weighted by Gasteiger charge is -2.05. The third-order valence-electron chi connectivity index (χ3n) is 0.791. The Morgan fingerprint density at radius 3 is 2.89 bits per heavy atom. The number of hydrogen-bond acceptors (Lipinski definition) is 5. The molecule has 9 heavy (non-hydrogen) atoms. The van der Waals surface area contributed by atoms with Crippen LogP contribution in [0.1, 0.15) is 0 Å². The van der Waals surface area contributed by atoms with Crippen LogP contribution in [0.4, 0.5) is 0 Å². The summed E-state index contributed by atoms with van der Waals surface area (Å²) in [6, 6.07) is 0. The Morgan fingerprint density at radius 2 is 2.67 bits per heavy atom. The van der Waals surface area contributed by atoms with Gasteiger partial charge in [-0.3, -0.25) is 10.1 Å². The molecule has 1 atom stereocenters. The first-order valence-corrected chi connectivity index (χ1v) is 2.42. The van der Waals surface area contributed by atoms with Crippen molar-refractivity contribution < 1.29 is 4.92 Å². The Bertz CT molecular complexity index is 159. The first-order valence-electron chi connectivity index (χ1n) is 2.08. The molecule has 0 spiro atoms. The summed E-state index contributed by atoms with van der Waals surface area (Å²) in [6.45, 7) is 0. The summed E-state index contributed by atoms with van der Waals surface area (Å²) in [5, 5.41) is 13.3. The van der Waals surface area contributed by atoms with Gasteiger partial charge in [0.15, 0.2) is 0 Å². The minimum absolute atomic E-state index is 0.583. The van der Waals surface area contributed by atoms with Crippen LogP contribution in [-0.4, -0.2) is 22.0 Å². The number of nitrogens with zero attached hydrogens (tertiary/aromatic N) is 3. The molecule has 1 aliphatic heterocycles.